The minimum Gasteiger partial charge on any atom is -0.352 e. The van der Waals surface area contributed by atoms with Gasteiger partial charge in [-0.1, -0.05) is 66.9 Å². The number of anilines is 1. The number of nitrogens with one attached hydrogen (secondary N) is 1. The summed E-state index contributed by atoms with van der Waals surface area (Å²) in [6.07, 6.45) is 4.67. The lowest BCUT2D eigenvalue weighted by Crippen LogP contribution is -2.49. The summed E-state index contributed by atoms with van der Waals surface area (Å²) in [5, 5.41) is 4.74. The number of amides is 2. The van der Waals surface area contributed by atoms with Crippen LogP contribution in [0.3, 0.4) is 0 Å². The van der Waals surface area contributed by atoms with Crippen LogP contribution in [0.15, 0.2) is 65.6 Å². The lowest BCUT2D eigenvalue weighted by atomic mass is 10.1. The zero-order valence-electron chi connectivity index (χ0n) is 22.0. The van der Waals surface area contributed by atoms with Gasteiger partial charge in [0.2, 0.25) is 11.8 Å². The van der Waals surface area contributed by atoms with E-state index in [2.05, 4.69) is 5.32 Å². The van der Waals surface area contributed by atoms with Gasteiger partial charge in [0.15, 0.2) is 0 Å². The first kappa shape index (κ1) is 26.2. The van der Waals surface area contributed by atoms with Gasteiger partial charge in [-0.3, -0.25) is 13.9 Å². The Hall–Kier alpha value is -3.39. The highest BCUT2D eigenvalue weighted by Gasteiger charge is 2.35. The van der Waals surface area contributed by atoms with Crippen molar-refractivity contribution in [2.45, 2.75) is 75.9 Å². The summed E-state index contributed by atoms with van der Waals surface area (Å²) < 4.78 is 28.0. The van der Waals surface area contributed by atoms with Gasteiger partial charge < -0.3 is 10.2 Å². The van der Waals surface area contributed by atoms with E-state index in [9.17, 15) is 18.0 Å². The summed E-state index contributed by atoms with van der Waals surface area (Å²) in [5.41, 5.74) is 2.74. The second kappa shape index (κ2) is 10.8. The first-order chi connectivity index (χ1) is 18.3. The SMILES string of the molecule is Cc1ccc(CN(C(=O)CCCN2c3cccc4cccc(c34)S2(=O)=O)[C@@H](C)C(=O)NC2CCCC2)cc1. The van der Waals surface area contributed by atoms with Crippen molar-refractivity contribution in [3.63, 3.8) is 0 Å². The molecular weight excluding hydrogens is 498 g/mol. The number of rotatable bonds is 9. The molecule has 0 spiro atoms. The van der Waals surface area contributed by atoms with Crippen molar-refractivity contribution in [3.8, 4) is 0 Å². The molecule has 2 amide bonds. The number of sulfonamides is 1. The van der Waals surface area contributed by atoms with Gasteiger partial charge in [-0.25, -0.2) is 8.42 Å². The van der Waals surface area contributed by atoms with E-state index in [1.54, 1.807) is 24.0 Å². The highest BCUT2D eigenvalue weighted by Crippen LogP contribution is 2.42. The lowest BCUT2D eigenvalue weighted by molar-refractivity contribution is -0.141. The molecule has 5 rings (SSSR count). The molecule has 1 saturated carbocycles. The van der Waals surface area contributed by atoms with Crippen molar-refractivity contribution in [2.75, 3.05) is 10.8 Å². The first-order valence-electron chi connectivity index (χ1n) is 13.5. The van der Waals surface area contributed by atoms with Gasteiger partial charge in [0, 0.05) is 30.9 Å². The average molecular weight is 534 g/mol. The topological polar surface area (TPSA) is 86.8 Å². The molecule has 1 N–H and O–H groups in total. The molecule has 1 heterocycles. The predicted molar refractivity (Wildman–Crippen MR) is 149 cm³/mol. The van der Waals surface area contributed by atoms with E-state index < -0.39 is 16.1 Å². The molecule has 38 heavy (non-hydrogen) atoms. The van der Waals surface area contributed by atoms with Crippen molar-refractivity contribution >= 4 is 38.3 Å². The molecule has 0 saturated heterocycles. The van der Waals surface area contributed by atoms with E-state index in [0.29, 0.717) is 23.5 Å². The maximum atomic E-state index is 13.5. The van der Waals surface area contributed by atoms with Crippen molar-refractivity contribution in [1.29, 1.82) is 0 Å². The number of benzene rings is 3. The van der Waals surface area contributed by atoms with Crippen molar-refractivity contribution in [2.24, 2.45) is 0 Å². The molecule has 0 bridgehead atoms. The molecule has 2 aliphatic rings. The second-order valence-corrected chi connectivity index (χ2v) is 12.3. The predicted octanol–water partition coefficient (Wildman–Crippen LogP) is 4.91. The van der Waals surface area contributed by atoms with E-state index in [-0.39, 0.29) is 30.8 Å². The summed E-state index contributed by atoms with van der Waals surface area (Å²) in [6, 6.07) is 18.4. The minimum absolute atomic E-state index is 0.137. The number of carbonyl (C=O) groups excluding carboxylic acids is 2. The van der Waals surface area contributed by atoms with Gasteiger partial charge in [-0.15, -0.1) is 0 Å². The van der Waals surface area contributed by atoms with Gasteiger partial charge in [-0.05, 0) is 56.2 Å². The highest BCUT2D eigenvalue weighted by molar-refractivity contribution is 7.93. The Bertz CT molecular complexity index is 1440. The van der Waals surface area contributed by atoms with Crippen LogP contribution in [0.4, 0.5) is 5.69 Å². The van der Waals surface area contributed by atoms with Crippen LogP contribution in [-0.4, -0.2) is 43.8 Å². The van der Waals surface area contributed by atoms with Gasteiger partial charge in [0.25, 0.3) is 10.0 Å². The Morgan fingerprint density at radius 2 is 1.71 bits per heavy atom. The quantitative estimate of drug-likeness (QED) is 0.423. The Labute approximate surface area is 224 Å². The number of nitrogens with zero attached hydrogens (tertiary/aromatic N) is 2. The molecule has 3 aromatic rings. The first-order valence-corrected chi connectivity index (χ1v) is 14.9. The summed E-state index contributed by atoms with van der Waals surface area (Å²) in [4.78, 5) is 28.6. The fourth-order valence-electron chi connectivity index (χ4n) is 5.58. The second-order valence-electron chi connectivity index (χ2n) is 10.5. The van der Waals surface area contributed by atoms with Gasteiger partial charge in [0.1, 0.15) is 6.04 Å². The normalized spacial score (nSPS) is 17.1. The smallest absolute Gasteiger partial charge is 0.265 e. The zero-order chi connectivity index (χ0) is 26.9. The third-order valence-corrected chi connectivity index (χ3v) is 9.63. The van der Waals surface area contributed by atoms with E-state index >= 15 is 0 Å². The molecule has 1 aliphatic carbocycles. The Morgan fingerprint density at radius 3 is 2.42 bits per heavy atom. The minimum atomic E-state index is -3.67. The summed E-state index contributed by atoms with van der Waals surface area (Å²) in [6.45, 7) is 4.31. The fourth-order valence-corrected chi connectivity index (χ4v) is 7.33. The van der Waals surface area contributed by atoms with Crippen molar-refractivity contribution in [1.82, 2.24) is 10.2 Å². The highest BCUT2D eigenvalue weighted by atomic mass is 32.2. The summed E-state index contributed by atoms with van der Waals surface area (Å²) in [7, 11) is -3.67. The number of hydrogen-bond acceptors (Lipinski definition) is 4. The van der Waals surface area contributed by atoms with E-state index in [1.807, 2.05) is 55.5 Å². The van der Waals surface area contributed by atoms with E-state index in [4.69, 9.17) is 0 Å². The van der Waals surface area contributed by atoms with Crippen LogP contribution in [0.2, 0.25) is 0 Å². The molecule has 7 nitrogen and oxygen atoms in total. The molecule has 1 atom stereocenters. The largest absolute Gasteiger partial charge is 0.352 e. The van der Waals surface area contributed by atoms with E-state index in [0.717, 1.165) is 47.6 Å². The van der Waals surface area contributed by atoms with Crippen molar-refractivity contribution < 1.29 is 18.0 Å². The van der Waals surface area contributed by atoms with Crippen LogP contribution in [0.5, 0.6) is 0 Å². The van der Waals surface area contributed by atoms with Crippen LogP contribution in [0.25, 0.3) is 10.8 Å². The van der Waals surface area contributed by atoms with E-state index in [1.165, 1.54) is 4.31 Å². The maximum Gasteiger partial charge on any atom is 0.265 e. The van der Waals surface area contributed by atoms with Crippen LogP contribution in [0, 0.1) is 6.92 Å². The van der Waals surface area contributed by atoms with Gasteiger partial charge >= 0.3 is 0 Å². The molecule has 8 heteroatoms. The average Bonchev–Trinajstić information content (AvgIpc) is 3.49. The standard InChI is InChI=1S/C30H35N3O4S/c1-21-15-17-23(18-16-21)20-32(22(2)30(35)31-25-10-3-4-11-25)28(34)14-7-19-33-26-12-5-8-24-9-6-13-27(29(24)26)38(33,36)37/h5-6,8-9,12-13,15-18,22,25H,3-4,7,10-11,14,19-20H2,1-2H3,(H,31,35)/t22-/m0/s1. The molecule has 200 valence electrons. The third kappa shape index (κ3) is 5.14. The van der Waals surface area contributed by atoms with Gasteiger partial charge in [0.05, 0.1) is 10.6 Å². The number of carbonyl (C=O) groups is 2. The molecule has 3 aromatic carbocycles. The molecule has 1 fully saturated rings. The molecule has 0 aromatic heterocycles. The maximum absolute atomic E-state index is 13.5. The Kier molecular flexibility index (Phi) is 7.43. The third-order valence-electron chi connectivity index (χ3n) is 7.78. The zero-order valence-corrected chi connectivity index (χ0v) is 22.8. The summed E-state index contributed by atoms with van der Waals surface area (Å²) >= 11 is 0. The monoisotopic (exact) mass is 533 g/mol. The van der Waals surface area contributed by atoms with Gasteiger partial charge in [-0.2, -0.15) is 0 Å². The Balaban J connectivity index is 1.29. The van der Waals surface area contributed by atoms with Crippen LogP contribution in [-0.2, 0) is 26.2 Å². The van der Waals surface area contributed by atoms with Crippen LogP contribution < -0.4 is 9.62 Å². The molecule has 1 aliphatic heterocycles. The molecule has 0 radical (unpaired) electrons. The lowest BCUT2D eigenvalue weighted by Gasteiger charge is -2.30. The van der Waals surface area contributed by atoms with Crippen LogP contribution in [0.1, 0.15) is 56.6 Å². The van der Waals surface area contributed by atoms with Crippen molar-refractivity contribution in [3.05, 3.63) is 71.8 Å². The Morgan fingerprint density at radius 1 is 1.03 bits per heavy atom. The van der Waals surface area contributed by atoms with Crippen LogP contribution >= 0.6 is 0 Å². The number of hydrogen-bond donors (Lipinski definition) is 1. The molecule has 0 unspecified atom stereocenters. The summed E-state index contributed by atoms with van der Waals surface area (Å²) in [5.74, 6) is -0.298. The number of aryl methyl sites for hydroxylation is 1. The fraction of sp³-hybridized carbons (Fsp3) is 0.400. The molecular formula is C30H35N3O4S.